The van der Waals surface area contributed by atoms with Crippen LogP contribution in [0.3, 0.4) is 0 Å². The van der Waals surface area contributed by atoms with Gasteiger partial charge in [-0.3, -0.25) is 0 Å². The molecule has 0 saturated heterocycles. The number of hydrogen-bond donors (Lipinski definition) is 2. The summed E-state index contributed by atoms with van der Waals surface area (Å²) in [6.45, 7) is 3.11. The topological polar surface area (TPSA) is 24.1 Å². The van der Waals surface area contributed by atoms with Gasteiger partial charge in [0.25, 0.3) is 0 Å². The summed E-state index contributed by atoms with van der Waals surface area (Å²) < 4.78 is 0. The Bertz CT molecular complexity index is 213. The summed E-state index contributed by atoms with van der Waals surface area (Å²) in [4.78, 5) is 0. The van der Waals surface area contributed by atoms with Crippen molar-refractivity contribution < 1.29 is 0 Å². The van der Waals surface area contributed by atoms with Crippen LogP contribution in [0.1, 0.15) is 5.56 Å². The monoisotopic (exact) mass is 194 g/mol. The molecular formula is C10H18N2Si. The molecule has 0 fully saturated rings. The van der Waals surface area contributed by atoms with E-state index in [1.807, 2.05) is 6.07 Å². The normalized spacial score (nSPS) is 10.5. The average Bonchev–Trinajstić information content (AvgIpc) is 2.19. The first-order chi connectivity index (χ1) is 6.43. The molecule has 0 aliphatic carbocycles. The highest BCUT2D eigenvalue weighted by atomic mass is 28.1. The Morgan fingerprint density at radius 2 is 1.69 bits per heavy atom. The van der Waals surface area contributed by atoms with Crippen molar-refractivity contribution in [3.8, 4) is 0 Å². The first kappa shape index (κ1) is 10.4. The van der Waals surface area contributed by atoms with Gasteiger partial charge in [-0.05, 0) is 11.7 Å². The van der Waals surface area contributed by atoms with Crippen LogP contribution >= 0.6 is 0 Å². The molecule has 0 aromatic heterocycles. The Kier molecular flexibility index (Phi) is 5.48. The Morgan fingerprint density at radius 3 is 2.38 bits per heavy atom. The Labute approximate surface area is 83.2 Å². The predicted molar refractivity (Wildman–Crippen MR) is 61.0 cm³/mol. The standard InChI is InChI=1S/C10H18N2Si/c13-9-12-7-6-11-8-10-4-2-1-3-5-10/h1-5,11-12H,6-9H2,13H3. The second-order valence-electron chi connectivity index (χ2n) is 3.02. The van der Waals surface area contributed by atoms with E-state index in [-0.39, 0.29) is 0 Å². The number of rotatable bonds is 6. The minimum atomic E-state index is 0.976. The fourth-order valence-corrected chi connectivity index (χ4v) is 1.54. The molecule has 0 aliphatic heterocycles. The Hall–Kier alpha value is -0.643. The maximum Gasteiger partial charge on any atom is 0.0206 e. The smallest absolute Gasteiger partial charge is 0.0206 e. The van der Waals surface area contributed by atoms with E-state index in [1.54, 1.807) is 0 Å². The van der Waals surface area contributed by atoms with E-state index in [4.69, 9.17) is 0 Å². The van der Waals surface area contributed by atoms with Crippen molar-refractivity contribution in [2.75, 3.05) is 19.3 Å². The number of hydrogen-bond acceptors (Lipinski definition) is 2. The third kappa shape index (κ3) is 4.82. The molecule has 0 radical (unpaired) electrons. The summed E-state index contributed by atoms with van der Waals surface area (Å²) in [5.74, 6) is 0. The summed E-state index contributed by atoms with van der Waals surface area (Å²) in [5.41, 5.74) is 1.35. The van der Waals surface area contributed by atoms with Crippen molar-refractivity contribution in [1.82, 2.24) is 10.6 Å². The molecular weight excluding hydrogens is 176 g/mol. The largest absolute Gasteiger partial charge is 0.319 e. The summed E-state index contributed by atoms with van der Waals surface area (Å²) >= 11 is 0. The second-order valence-corrected chi connectivity index (χ2v) is 3.72. The molecule has 0 heterocycles. The molecule has 0 aliphatic rings. The van der Waals surface area contributed by atoms with Crippen LogP contribution in [0, 0.1) is 0 Å². The minimum absolute atomic E-state index is 0.976. The molecule has 0 saturated carbocycles. The molecule has 1 aromatic rings. The molecule has 0 amide bonds. The van der Waals surface area contributed by atoms with Gasteiger partial charge in [0.05, 0.1) is 0 Å². The zero-order valence-electron chi connectivity index (χ0n) is 8.22. The Morgan fingerprint density at radius 1 is 1.00 bits per heavy atom. The van der Waals surface area contributed by atoms with Crippen LogP contribution < -0.4 is 10.6 Å². The maximum atomic E-state index is 3.39. The fraction of sp³-hybridized carbons (Fsp3) is 0.400. The van der Waals surface area contributed by atoms with Crippen LogP contribution in [0.4, 0.5) is 0 Å². The average molecular weight is 194 g/mol. The molecule has 0 bridgehead atoms. The van der Waals surface area contributed by atoms with Crippen LogP contribution in [-0.2, 0) is 6.54 Å². The molecule has 0 unspecified atom stereocenters. The lowest BCUT2D eigenvalue weighted by atomic mass is 10.2. The van der Waals surface area contributed by atoms with Gasteiger partial charge in [-0.15, -0.1) is 0 Å². The van der Waals surface area contributed by atoms with Crippen molar-refractivity contribution >= 4 is 10.2 Å². The lowest BCUT2D eigenvalue weighted by Gasteiger charge is -2.04. The Balaban J connectivity index is 2.07. The number of benzene rings is 1. The molecule has 2 N–H and O–H groups in total. The molecule has 72 valence electrons. The van der Waals surface area contributed by atoms with E-state index in [2.05, 4.69) is 34.9 Å². The summed E-state index contributed by atoms with van der Waals surface area (Å²) in [6.07, 6.45) is 1.19. The van der Waals surface area contributed by atoms with E-state index in [9.17, 15) is 0 Å². The highest BCUT2D eigenvalue weighted by molar-refractivity contribution is 6.08. The first-order valence-electron chi connectivity index (χ1n) is 4.89. The van der Waals surface area contributed by atoms with Crippen molar-refractivity contribution in [2.24, 2.45) is 0 Å². The minimum Gasteiger partial charge on any atom is -0.319 e. The van der Waals surface area contributed by atoms with Crippen molar-refractivity contribution in [3.63, 3.8) is 0 Å². The molecule has 13 heavy (non-hydrogen) atoms. The summed E-state index contributed by atoms with van der Waals surface area (Å²) in [5, 5.41) is 6.72. The van der Waals surface area contributed by atoms with Gasteiger partial charge in [-0.2, -0.15) is 0 Å². The zero-order chi connectivity index (χ0) is 9.36. The molecule has 1 rings (SSSR count). The van der Waals surface area contributed by atoms with Crippen LogP contribution in [0.25, 0.3) is 0 Å². The third-order valence-electron chi connectivity index (χ3n) is 1.90. The zero-order valence-corrected chi connectivity index (χ0v) is 10.2. The van der Waals surface area contributed by atoms with Gasteiger partial charge < -0.3 is 10.6 Å². The van der Waals surface area contributed by atoms with Gasteiger partial charge in [0, 0.05) is 29.9 Å². The van der Waals surface area contributed by atoms with Gasteiger partial charge in [-0.1, -0.05) is 30.3 Å². The van der Waals surface area contributed by atoms with Crippen molar-refractivity contribution in [1.29, 1.82) is 0 Å². The summed E-state index contributed by atoms with van der Waals surface area (Å²) in [7, 11) is 1.24. The number of nitrogens with one attached hydrogen (secondary N) is 2. The lowest BCUT2D eigenvalue weighted by Crippen LogP contribution is -2.27. The van der Waals surface area contributed by atoms with Crippen LogP contribution in [0.5, 0.6) is 0 Å². The summed E-state index contributed by atoms with van der Waals surface area (Å²) in [6, 6.07) is 10.5. The van der Waals surface area contributed by atoms with Gasteiger partial charge >= 0.3 is 0 Å². The maximum absolute atomic E-state index is 3.39. The van der Waals surface area contributed by atoms with Crippen LogP contribution in [-0.4, -0.2) is 29.5 Å². The molecule has 1 aromatic carbocycles. The van der Waals surface area contributed by atoms with Crippen LogP contribution in [0.2, 0.25) is 0 Å². The van der Waals surface area contributed by atoms with Crippen molar-refractivity contribution in [2.45, 2.75) is 6.54 Å². The quantitative estimate of drug-likeness (QED) is 0.479. The highest BCUT2D eigenvalue weighted by Gasteiger charge is 1.89. The predicted octanol–water partition coefficient (Wildman–Crippen LogP) is -0.311. The highest BCUT2D eigenvalue weighted by Crippen LogP contribution is 1.96. The van der Waals surface area contributed by atoms with Crippen molar-refractivity contribution in [3.05, 3.63) is 35.9 Å². The van der Waals surface area contributed by atoms with E-state index in [0.29, 0.717) is 0 Å². The van der Waals surface area contributed by atoms with E-state index in [0.717, 1.165) is 19.6 Å². The van der Waals surface area contributed by atoms with Gasteiger partial charge in [-0.25, -0.2) is 0 Å². The van der Waals surface area contributed by atoms with E-state index < -0.39 is 0 Å². The lowest BCUT2D eigenvalue weighted by molar-refractivity contribution is 0.644. The molecule has 0 spiro atoms. The van der Waals surface area contributed by atoms with Crippen LogP contribution in [0.15, 0.2) is 30.3 Å². The fourth-order valence-electron chi connectivity index (χ4n) is 1.18. The van der Waals surface area contributed by atoms with Gasteiger partial charge in [0.15, 0.2) is 0 Å². The van der Waals surface area contributed by atoms with Gasteiger partial charge in [0.1, 0.15) is 0 Å². The second kappa shape index (κ2) is 6.83. The molecule has 0 atom stereocenters. The molecule has 3 heteroatoms. The van der Waals surface area contributed by atoms with E-state index >= 15 is 0 Å². The van der Waals surface area contributed by atoms with E-state index in [1.165, 1.54) is 22.0 Å². The SMILES string of the molecule is [SiH3]CNCCNCc1ccccc1. The van der Waals surface area contributed by atoms with Gasteiger partial charge in [0.2, 0.25) is 0 Å². The molecule has 2 nitrogen and oxygen atoms in total. The first-order valence-corrected chi connectivity index (χ1v) is 6.30. The third-order valence-corrected chi connectivity index (χ3v) is 2.40.